The molecule has 6 rings (SSSR count). The first kappa shape index (κ1) is 30.4. The van der Waals surface area contributed by atoms with E-state index in [-0.39, 0.29) is 38.8 Å². The fourth-order valence-electron chi connectivity index (χ4n) is 5.67. The number of ether oxygens (including phenoxy) is 4. The zero-order valence-electron chi connectivity index (χ0n) is 24.8. The number of rotatable bonds is 8. The van der Waals surface area contributed by atoms with Crippen LogP contribution in [0.1, 0.15) is 6.92 Å². The van der Waals surface area contributed by atoms with E-state index in [0.717, 1.165) is 11.4 Å². The molecule has 2 aromatic carbocycles. The fourth-order valence-corrected chi connectivity index (χ4v) is 5.67. The van der Waals surface area contributed by atoms with Crippen molar-refractivity contribution in [2.75, 3.05) is 78.8 Å². The molecular formula is C30H36N6O9. The molecular weight excluding hydrogens is 588 g/mol. The van der Waals surface area contributed by atoms with Gasteiger partial charge in [0.1, 0.15) is 18.8 Å². The van der Waals surface area contributed by atoms with E-state index in [1.54, 1.807) is 48.2 Å². The van der Waals surface area contributed by atoms with Gasteiger partial charge < -0.3 is 44.5 Å². The summed E-state index contributed by atoms with van der Waals surface area (Å²) < 4.78 is 21.4. The maximum Gasteiger partial charge on any atom is 0.414 e. The number of aliphatic hydroxyl groups excluding tert-OH is 1. The number of hydrogen-bond donors (Lipinski definition) is 3. The Morgan fingerprint density at radius 1 is 0.844 bits per heavy atom. The summed E-state index contributed by atoms with van der Waals surface area (Å²) in [6, 6.07) is 13.3. The van der Waals surface area contributed by atoms with Crippen molar-refractivity contribution >= 4 is 46.9 Å². The first-order chi connectivity index (χ1) is 21.8. The number of urea groups is 1. The Bertz CT molecular complexity index is 1410. The molecule has 4 atom stereocenters. The minimum Gasteiger partial charge on any atom is -0.442 e. The fraction of sp³-hybridized carbons (Fsp3) is 0.467. The van der Waals surface area contributed by atoms with Crippen LogP contribution < -0.4 is 30.2 Å². The largest absolute Gasteiger partial charge is 0.442 e. The highest BCUT2D eigenvalue weighted by molar-refractivity contribution is 5.96. The lowest BCUT2D eigenvalue weighted by molar-refractivity contribution is -0.125. The third-order valence-electron chi connectivity index (χ3n) is 8.17. The molecule has 15 heteroatoms. The quantitative estimate of drug-likeness (QED) is 0.390. The van der Waals surface area contributed by atoms with Crippen molar-refractivity contribution in [3.8, 4) is 0 Å². The molecule has 3 N–H and O–H groups in total. The number of morpholine rings is 2. The van der Waals surface area contributed by atoms with Gasteiger partial charge in [-0.05, 0) is 55.5 Å². The Labute approximate surface area is 259 Å². The number of nitrogens with one attached hydrogen (secondary N) is 2. The van der Waals surface area contributed by atoms with Crippen LogP contribution in [-0.2, 0) is 23.7 Å². The predicted molar refractivity (Wildman–Crippen MR) is 161 cm³/mol. The first-order valence-corrected chi connectivity index (χ1v) is 14.9. The highest BCUT2D eigenvalue weighted by Gasteiger charge is 2.37. The van der Waals surface area contributed by atoms with Crippen molar-refractivity contribution < 1.29 is 43.2 Å². The van der Waals surface area contributed by atoms with Crippen LogP contribution >= 0.6 is 0 Å². The number of carbonyl (C=O) groups excluding carboxylic acids is 4. The average molecular weight is 625 g/mol. The molecule has 0 radical (unpaired) electrons. The van der Waals surface area contributed by atoms with Crippen molar-refractivity contribution in [2.24, 2.45) is 0 Å². The van der Waals surface area contributed by atoms with Gasteiger partial charge in [-0.25, -0.2) is 14.4 Å². The molecule has 4 aliphatic heterocycles. The summed E-state index contributed by atoms with van der Waals surface area (Å²) >= 11 is 0. The number of benzene rings is 2. The molecule has 4 fully saturated rings. The molecule has 4 aliphatic rings. The van der Waals surface area contributed by atoms with Crippen LogP contribution in [0.2, 0.25) is 0 Å². The van der Waals surface area contributed by atoms with Crippen LogP contribution in [0.5, 0.6) is 0 Å². The molecule has 240 valence electrons. The molecule has 2 aromatic rings. The SMILES string of the molecule is CC(NC(=O)NCC1CN(c2ccc(N3CCOCC3O)cc2)C(=O)O1)C1CN(c2ccc(N3CCOCC3=O)cc2)C(=O)O1. The molecule has 4 heterocycles. The van der Waals surface area contributed by atoms with Gasteiger partial charge in [-0.15, -0.1) is 0 Å². The lowest BCUT2D eigenvalue weighted by Gasteiger charge is -2.34. The number of aliphatic hydroxyl groups is 1. The van der Waals surface area contributed by atoms with Crippen LogP contribution in [0.15, 0.2) is 48.5 Å². The standard InChI is InChI=1S/C30H36N6O9/c1-19(25-16-36(30(41)45-25)23-8-4-21(5-9-23)34-11-13-43-18-27(34)38)32-28(39)31-14-24-15-35(29(40)44-24)22-6-2-20(3-7-22)33-10-12-42-17-26(33)37/h2-9,19,24-26,37H,10-18H2,1H3,(H2,31,32,39). The molecule has 15 nitrogen and oxygen atoms in total. The van der Waals surface area contributed by atoms with Crippen LogP contribution in [0, 0.1) is 0 Å². The van der Waals surface area contributed by atoms with Gasteiger partial charge >= 0.3 is 18.2 Å². The Hall–Kier alpha value is -4.60. The Kier molecular flexibility index (Phi) is 8.91. The minimum absolute atomic E-state index is 0.0437. The lowest BCUT2D eigenvalue weighted by Crippen LogP contribution is -2.49. The third-order valence-corrected chi connectivity index (χ3v) is 8.17. The van der Waals surface area contributed by atoms with Crippen LogP contribution in [0.25, 0.3) is 0 Å². The Morgan fingerprint density at radius 2 is 1.44 bits per heavy atom. The summed E-state index contributed by atoms with van der Waals surface area (Å²) in [5, 5.41) is 15.7. The Balaban J connectivity index is 0.958. The van der Waals surface area contributed by atoms with E-state index in [9.17, 15) is 24.3 Å². The van der Waals surface area contributed by atoms with E-state index >= 15 is 0 Å². The van der Waals surface area contributed by atoms with Crippen molar-refractivity contribution in [3.63, 3.8) is 0 Å². The molecule has 0 aromatic heterocycles. The van der Waals surface area contributed by atoms with Gasteiger partial charge in [-0.3, -0.25) is 14.6 Å². The zero-order chi connectivity index (χ0) is 31.5. The molecule has 0 saturated carbocycles. The van der Waals surface area contributed by atoms with Gasteiger partial charge in [0.2, 0.25) is 0 Å². The average Bonchev–Trinajstić information content (AvgIpc) is 3.63. The number of amides is 5. The smallest absolute Gasteiger partial charge is 0.414 e. The Morgan fingerprint density at radius 3 is 2.11 bits per heavy atom. The maximum absolute atomic E-state index is 12.7. The van der Waals surface area contributed by atoms with E-state index < -0.39 is 42.7 Å². The zero-order valence-corrected chi connectivity index (χ0v) is 24.8. The van der Waals surface area contributed by atoms with Crippen LogP contribution in [0.4, 0.5) is 37.1 Å². The van der Waals surface area contributed by atoms with E-state index in [1.807, 2.05) is 17.0 Å². The second-order valence-electron chi connectivity index (χ2n) is 11.2. The normalized spacial score (nSPS) is 24.4. The topological polar surface area (TPSA) is 162 Å². The molecule has 0 bridgehead atoms. The van der Waals surface area contributed by atoms with Gasteiger partial charge in [-0.1, -0.05) is 0 Å². The third kappa shape index (κ3) is 6.74. The second-order valence-corrected chi connectivity index (χ2v) is 11.2. The van der Waals surface area contributed by atoms with Crippen molar-refractivity contribution in [3.05, 3.63) is 48.5 Å². The second kappa shape index (κ2) is 13.2. The summed E-state index contributed by atoms with van der Waals surface area (Å²) in [4.78, 5) is 56.4. The summed E-state index contributed by atoms with van der Waals surface area (Å²) in [5.74, 6) is -0.118. The number of anilines is 4. The molecule has 4 unspecified atom stereocenters. The van der Waals surface area contributed by atoms with Gasteiger partial charge in [0.15, 0.2) is 6.23 Å². The number of nitrogens with zero attached hydrogens (tertiary/aromatic N) is 4. The van der Waals surface area contributed by atoms with Crippen molar-refractivity contribution in [2.45, 2.75) is 31.4 Å². The van der Waals surface area contributed by atoms with Gasteiger partial charge in [0.25, 0.3) is 5.91 Å². The molecule has 45 heavy (non-hydrogen) atoms. The molecule has 0 spiro atoms. The van der Waals surface area contributed by atoms with Gasteiger partial charge in [0.05, 0.1) is 45.5 Å². The maximum atomic E-state index is 12.7. The van der Waals surface area contributed by atoms with E-state index in [0.29, 0.717) is 37.7 Å². The van der Waals surface area contributed by atoms with Crippen LogP contribution in [-0.4, -0.2) is 113 Å². The van der Waals surface area contributed by atoms with E-state index in [1.165, 1.54) is 9.80 Å². The van der Waals surface area contributed by atoms with E-state index in [2.05, 4.69) is 10.6 Å². The van der Waals surface area contributed by atoms with Crippen LogP contribution in [0.3, 0.4) is 0 Å². The minimum atomic E-state index is -0.725. The summed E-state index contributed by atoms with van der Waals surface area (Å²) in [6.07, 6.45) is -2.92. The van der Waals surface area contributed by atoms with Gasteiger partial charge in [0, 0.05) is 35.8 Å². The number of carbonyl (C=O) groups is 4. The first-order valence-electron chi connectivity index (χ1n) is 14.9. The van der Waals surface area contributed by atoms with Gasteiger partial charge in [-0.2, -0.15) is 0 Å². The summed E-state index contributed by atoms with van der Waals surface area (Å²) in [6.45, 7) is 4.62. The van der Waals surface area contributed by atoms with Crippen molar-refractivity contribution in [1.29, 1.82) is 0 Å². The highest BCUT2D eigenvalue weighted by atomic mass is 16.6. The molecule has 4 saturated heterocycles. The van der Waals surface area contributed by atoms with Crippen molar-refractivity contribution in [1.82, 2.24) is 10.6 Å². The monoisotopic (exact) mass is 624 g/mol. The molecule has 0 aliphatic carbocycles. The molecule has 5 amide bonds. The predicted octanol–water partition coefficient (Wildman–Crippen LogP) is 1.24. The number of cyclic esters (lactones) is 2. The van der Waals surface area contributed by atoms with E-state index in [4.69, 9.17) is 18.9 Å². The summed E-state index contributed by atoms with van der Waals surface area (Å²) in [7, 11) is 0. The number of hydrogen-bond acceptors (Lipinski definition) is 10. The lowest BCUT2D eigenvalue weighted by atomic mass is 10.1. The summed E-state index contributed by atoms with van der Waals surface area (Å²) in [5.41, 5.74) is 2.80. The highest BCUT2D eigenvalue weighted by Crippen LogP contribution is 2.28.